The van der Waals surface area contributed by atoms with E-state index in [0.717, 1.165) is 4.90 Å². The van der Waals surface area contributed by atoms with E-state index < -0.39 is 5.97 Å². The van der Waals surface area contributed by atoms with Crippen molar-refractivity contribution in [3.63, 3.8) is 0 Å². The number of hydrogen-bond donors (Lipinski definition) is 1. The monoisotopic (exact) mass is 306 g/mol. The Morgan fingerprint density at radius 1 is 1.33 bits per heavy atom. The number of nitriles is 1. The number of hydrogen-bond acceptors (Lipinski definition) is 5. The van der Waals surface area contributed by atoms with Crippen molar-refractivity contribution in [1.29, 1.82) is 5.26 Å². The van der Waals surface area contributed by atoms with Gasteiger partial charge in [-0.25, -0.2) is 0 Å². The van der Waals surface area contributed by atoms with Crippen LogP contribution in [0.1, 0.15) is 18.4 Å². The van der Waals surface area contributed by atoms with E-state index in [2.05, 4.69) is 5.32 Å². The van der Waals surface area contributed by atoms with Crippen molar-refractivity contribution in [3.05, 3.63) is 29.8 Å². The Morgan fingerprint density at radius 2 is 2.05 bits per heavy atom. The SMILES string of the molecule is Cc1ccc(SCCC(=O)OCC(=O)NCCC#N)cc1. The molecule has 0 fully saturated rings. The number of benzene rings is 1. The summed E-state index contributed by atoms with van der Waals surface area (Å²) in [7, 11) is 0. The molecule has 0 atom stereocenters. The average Bonchev–Trinajstić information content (AvgIpc) is 2.47. The zero-order chi connectivity index (χ0) is 15.5. The third-order valence-electron chi connectivity index (χ3n) is 2.52. The molecule has 0 heterocycles. The van der Waals surface area contributed by atoms with Crippen molar-refractivity contribution >= 4 is 23.6 Å². The second-order valence-corrected chi connectivity index (χ2v) is 5.50. The lowest BCUT2D eigenvalue weighted by atomic mass is 10.2. The summed E-state index contributed by atoms with van der Waals surface area (Å²) < 4.78 is 4.84. The molecule has 0 unspecified atom stereocenters. The highest BCUT2D eigenvalue weighted by Crippen LogP contribution is 2.19. The van der Waals surface area contributed by atoms with Crippen LogP contribution in [0.25, 0.3) is 0 Å². The number of rotatable bonds is 8. The van der Waals surface area contributed by atoms with E-state index in [-0.39, 0.29) is 31.9 Å². The van der Waals surface area contributed by atoms with Crippen LogP contribution in [0.15, 0.2) is 29.2 Å². The van der Waals surface area contributed by atoms with Gasteiger partial charge in [0.05, 0.1) is 18.9 Å². The standard InChI is InChI=1S/C15H18N2O3S/c1-12-3-5-13(6-4-12)21-10-7-15(19)20-11-14(18)17-9-2-8-16/h3-6H,2,7,9-11H2,1H3,(H,17,18). The normalized spacial score (nSPS) is 9.71. The number of amides is 1. The molecule has 0 aliphatic rings. The fourth-order valence-electron chi connectivity index (χ4n) is 1.41. The number of carbonyl (C=O) groups excluding carboxylic acids is 2. The highest BCUT2D eigenvalue weighted by atomic mass is 32.2. The van der Waals surface area contributed by atoms with E-state index >= 15 is 0 Å². The van der Waals surface area contributed by atoms with E-state index in [4.69, 9.17) is 10.00 Å². The minimum Gasteiger partial charge on any atom is -0.456 e. The molecule has 0 aromatic heterocycles. The summed E-state index contributed by atoms with van der Waals surface area (Å²) in [6.45, 7) is 2.00. The van der Waals surface area contributed by atoms with Crippen molar-refractivity contribution in [2.24, 2.45) is 0 Å². The van der Waals surface area contributed by atoms with Crippen LogP contribution in [0, 0.1) is 18.3 Å². The van der Waals surface area contributed by atoms with E-state index in [1.165, 1.54) is 5.56 Å². The zero-order valence-corrected chi connectivity index (χ0v) is 12.7. The largest absolute Gasteiger partial charge is 0.456 e. The number of aryl methyl sites for hydroxylation is 1. The minimum atomic E-state index is -0.398. The van der Waals surface area contributed by atoms with E-state index in [0.29, 0.717) is 5.75 Å². The van der Waals surface area contributed by atoms with Crippen LogP contribution in [0.3, 0.4) is 0 Å². The van der Waals surface area contributed by atoms with Crippen LogP contribution >= 0.6 is 11.8 Å². The first-order chi connectivity index (χ1) is 10.1. The Hall–Kier alpha value is -2.00. The van der Waals surface area contributed by atoms with Crippen molar-refractivity contribution in [1.82, 2.24) is 5.32 Å². The summed E-state index contributed by atoms with van der Waals surface area (Å²) in [6, 6.07) is 9.97. The average molecular weight is 306 g/mol. The number of nitrogens with zero attached hydrogens (tertiary/aromatic N) is 1. The highest BCUT2D eigenvalue weighted by molar-refractivity contribution is 7.99. The van der Waals surface area contributed by atoms with Crippen LogP contribution in [-0.4, -0.2) is 30.8 Å². The van der Waals surface area contributed by atoms with Crippen molar-refractivity contribution in [3.8, 4) is 6.07 Å². The van der Waals surface area contributed by atoms with Crippen LogP contribution in [0.4, 0.5) is 0 Å². The molecule has 0 aliphatic carbocycles. The summed E-state index contributed by atoms with van der Waals surface area (Å²) in [5.41, 5.74) is 1.20. The highest BCUT2D eigenvalue weighted by Gasteiger charge is 2.07. The first-order valence-corrected chi connectivity index (χ1v) is 7.59. The van der Waals surface area contributed by atoms with Gasteiger partial charge in [0.25, 0.3) is 5.91 Å². The third kappa shape index (κ3) is 8.00. The zero-order valence-electron chi connectivity index (χ0n) is 11.9. The lowest BCUT2D eigenvalue weighted by Gasteiger charge is -2.05. The van der Waals surface area contributed by atoms with Gasteiger partial charge in [-0.15, -0.1) is 11.8 Å². The van der Waals surface area contributed by atoms with E-state index in [1.807, 2.05) is 37.3 Å². The van der Waals surface area contributed by atoms with Crippen LogP contribution in [0.2, 0.25) is 0 Å². The molecule has 0 saturated heterocycles. The van der Waals surface area contributed by atoms with Crippen molar-refractivity contribution in [2.75, 3.05) is 18.9 Å². The van der Waals surface area contributed by atoms with E-state index in [9.17, 15) is 9.59 Å². The fourth-order valence-corrected chi connectivity index (χ4v) is 2.25. The third-order valence-corrected chi connectivity index (χ3v) is 3.53. The molecule has 0 bridgehead atoms. The van der Waals surface area contributed by atoms with Gasteiger partial charge in [0.2, 0.25) is 0 Å². The molecule has 1 amide bonds. The molecule has 21 heavy (non-hydrogen) atoms. The topological polar surface area (TPSA) is 79.2 Å². The predicted molar refractivity (Wildman–Crippen MR) is 80.7 cm³/mol. The van der Waals surface area contributed by atoms with Crippen LogP contribution < -0.4 is 5.32 Å². The summed E-state index contributed by atoms with van der Waals surface area (Å²) in [6.07, 6.45) is 0.497. The minimum absolute atomic E-state index is 0.243. The maximum atomic E-state index is 11.5. The fraction of sp³-hybridized carbons (Fsp3) is 0.400. The molecule has 1 rings (SSSR count). The molecule has 0 radical (unpaired) electrons. The molecular formula is C15H18N2O3S. The second kappa shape index (κ2) is 9.83. The van der Waals surface area contributed by atoms with Gasteiger partial charge in [-0.1, -0.05) is 17.7 Å². The maximum absolute atomic E-state index is 11.5. The molecule has 6 heteroatoms. The van der Waals surface area contributed by atoms with Crippen LogP contribution in [-0.2, 0) is 14.3 Å². The summed E-state index contributed by atoms with van der Waals surface area (Å²) in [4.78, 5) is 23.8. The van der Waals surface area contributed by atoms with Gasteiger partial charge in [-0.2, -0.15) is 5.26 Å². The summed E-state index contributed by atoms with van der Waals surface area (Å²) in [5, 5.41) is 10.8. The first kappa shape index (κ1) is 17.1. The van der Waals surface area contributed by atoms with Gasteiger partial charge in [-0.05, 0) is 19.1 Å². The van der Waals surface area contributed by atoms with Gasteiger partial charge < -0.3 is 10.1 Å². The molecule has 0 saturated carbocycles. The lowest BCUT2D eigenvalue weighted by molar-refractivity contribution is -0.148. The Labute approximate surface area is 128 Å². The predicted octanol–water partition coefficient (Wildman–Crippen LogP) is 2.05. The molecule has 1 aromatic carbocycles. The Kier molecular flexibility index (Phi) is 7.99. The molecular weight excluding hydrogens is 288 g/mol. The quantitative estimate of drug-likeness (QED) is 0.452. The Morgan fingerprint density at radius 3 is 2.71 bits per heavy atom. The second-order valence-electron chi connectivity index (χ2n) is 4.33. The molecule has 1 N–H and O–H groups in total. The van der Waals surface area contributed by atoms with Gasteiger partial charge in [-0.3, -0.25) is 9.59 Å². The number of esters is 1. The summed E-state index contributed by atoms with van der Waals surface area (Å²) >= 11 is 1.57. The van der Waals surface area contributed by atoms with Crippen LogP contribution in [0.5, 0.6) is 0 Å². The smallest absolute Gasteiger partial charge is 0.307 e. The maximum Gasteiger partial charge on any atom is 0.307 e. The lowest BCUT2D eigenvalue weighted by Crippen LogP contribution is -2.29. The van der Waals surface area contributed by atoms with Gasteiger partial charge in [0.1, 0.15) is 0 Å². The van der Waals surface area contributed by atoms with Crippen molar-refractivity contribution < 1.29 is 14.3 Å². The van der Waals surface area contributed by atoms with Gasteiger partial charge in [0.15, 0.2) is 6.61 Å². The number of ether oxygens (including phenoxy) is 1. The molecule has 0 spiro atoms. The summed E-state index contributed by atoms with van der Waals surface area (Å²) in [5.74, 6) is -0.173. The Balaban J connectivity index is 2.12. The van der Waals surface area contributed by atoms with Crippen molar-refractivity contribution in [2.45, 2.75) is 24.7 Å². The Bertz CT molecular complexity index is 509. The van der Waals surface area contributed by atoms with Gasteiger partial charge in [0, 0.05) is 17.2 Å². The number of carbonyl (C=O) groups is 2. The molecule has 5 nitrogen and oxygen atoms in total. The first-order valence-electron chi connectivity index (χ1n) is 6.60. The number of nitrogens with one attached hydrogen (secondary N) is 1. The molecule has 112 valence electrons. The molecule has 0 aliphatic heterocycles. The van der Waals surface area contributed by atoms with E-state index in [1.54, 1.807) is 11.8 Å². The molecule has 1 aromatic rings. The van der Waals surface area contributed by atoms with Gasteiger partial charge >= 0.3 is 5.97 Å². The number of thioether (sulfide) groups is 1.